The van der Waals surface area contributed by atoms with Crippen LogP contribution in [0.1, 0.15) is 33.6 Å². The number of aryl methyl sites for hydroxylation is 2. The van der Waals surface area contributed by atoms with Gasteiger partial charge in [-0.15, -0.1) is 12.4 Å². The second kappa shape index (κ2) is 10.5. The van der Waals surface area contributed by atoms with Crippen molar-refractivity contribution in [1.82, 2.24) is 19.7 Å². The van der Waals surface area contributed by atoms with Gasteiger partial charge in [-0.05, 0) is 77.2 Å². The van der Waals surface area contributed by atoms with Gasteiger partial charge in [-0.1, -0.05) is 35.6 Å². The number of anilines is 1. The van der Waals surface area contributed by atoms with Gasteiger partial charge in [0.1, 0.15) is 0 Å². The second-order valence-electron chi connectivity index (χ2n) is 8.43. The molecule has 0 N–H and O–H groups in total. The molecule has 1 amide bonds. The number of hydrogen-bond acceptors (Lipinski definition) is 5. The van der Waals surface area contributed by atoms with Gasteiger partial charge in [0.25, 0.3) is 5.91 Å². The summed E-state index contributed by atoms with van der Waals surface area (Å²) in [7, 11) is 4.09. The highest BCUT2D eigenvalue weighted by Gasteiger charge is 2.25. The van der Waals surface area contributed by atoms with Crippen LogP contribution in [-0.2, 0) is 0 Å². The number of carbonyl (C=O) groups excluding carboxylic acids is 1. The van der Waals surface area contributed by atoms with E-state index in [1.165, 1.54) is 11.1 Å². The zero-order chi connectivity index (χ0) is 22.8. The summed E-state index contributed by atoms with van der Waals surface area (Å²) in [6, 6.07) is 14.1. The molecule has 33 heavy (non-hydrogen) atoms. The van der Waals surface area contributed by atoms with E-state index in [4.69, 9.17) is 4.98 Å². The van der Waals surface area contributed by atoms with Crippen molar-refractivity contribution in [2.45, 2.75) is 27.2 Å². The lowest BCUT2D eigenvalue weighted by atomic mass is 10.1. The highest BCUT2D eigenvalue weighted by Crippen LogP contribution is 2.33. The van der Waals surface area contributed by atoms with E-state index in [9.17, 15) is 4.79 Å². The Labute approximate surface area is 205 Å². The smallest absolute Gasteiger partial charge is 0.263 e. The first kappa shape index (κ1) is 24.9. The number of amides is 1. The van der Waals surface area contributed by atoms with Crippen molar-refractivity contribution < 1.29 is 4.79 Å². The average molecular weight is 484 g/mol. The molecule has 4 aromatic rings. The quantitative estimate of drug-likeness (QED) is 0.352. The molecule has 0 aliphatic carbocycles. The Hall–Kier alpha value is -2.74. The zero-order valence-electron chi connectivity index (χ0n) is 19.7. The Bertz CT molecular complexity index is 1250. The molecule has 2 aromatic carbocycles. The molecule has 0 saturated carbocycles. The minimum atomic E-state index is -0.0585. The molecule has 0 unspecified atom stereocenters. The maximum absolute atomic E-state index is 13.7. The van der Waals surface area contributed by atoms with E-state index in [0.29, 0.717) is 12.1 Å². The third kappa shape index (κ3) is 5.27. The van der Waals surface area contributed by atoms with Gasteiger partial charge in [0, 0.05) is 6.54 Å². The lowest BCUT2D eigenvalue weighted by Gasteiger charge is -2.21. The zero-order valence-corrected chi connectivity index (χ0v) is 21.3. The minimum Gasteiger partial charge on any atom is -0.309 e. The van der Waals surface area contributed by atoms with Crippen LogP contribution in [0.4, 0.5) is 5.13 Å². The molecule has 174 valence electrons. The van der Waals surface area contributed by atoms with Crippen LogP contribution >= 0.6 is 23.7 Å². The summed E-state index contributed by atoms with van der Waals surface area (Å²) in [5, 5.41) is 5.24. The summed E-state index contributed by atoms with van der Waals surface area (Å²) in [5.41, 5.74) is 5.69. The molecular formula is C25H30ClN5OS. The average Bonchev–Trinajstić information content (AvgIpc) is 3.35. The molecule has 0 spiro atoms. The summed E-state index contributed by atoms with van der Waals surface area (Å²) in [6.45, 7) is 7.62. The highest BCUT2D eigenvalue weighted by atomic mass is 35.5. The number of benzene rings is 2. The monoisotopic (exact) mass is 483 g/mol. The molecule has 2 aromatic heterocycles. The van der Waals surface area contributed by atoms with Crippen LogP contribution in [0.25, 0.3) is 15.9 Å². The second-order valence-corrected chi connectivity index (χ2v) is 9.41. The third-order valence-corrected chi connectivity index (χ3v) is 6.74. The van der Waals surface area contributed by atoms with E-state index in [1.807, 2.05) is 60.9 Å². The number of rotatable bonds is 7. The van der Waals surface area contributed by atoms with Crippen LogP contribution < -0.4 is 4.90 Å². The lowest BCUT2D eigenvalue weighted by Crippen LogP contribution is -2.33. The van der Waals surface area contributed by atoms with E-state index in [1.54, 1.807) is 17.5 Å². The molecule has 0 aliphatic heterocycles. The molecule has 0 bridgehead atoms. The molecule has 8 heteroatoms. The molecule has 2 heterocycles. The van der Waals surface area contributed by atoms with Crippen LogP contribution in [0, 0.1) is 20.8 Å². The van der Waals surface area contributed by atoms with Gasteiger partial charge in [-0.3, -0.25) is 9.69 Å². The highest BCUT2D eigenvalue weighted by molar-refractivity contribution is 7.22. The Morgan fingerprint density at radius 3 is 2.48 bits per heavy atom. The molecule has 0 fully saturated rings. The summed E-state index contributed by atoms with van der Waals surface area (Å²) in [5.74, 6) is -0.0585. The SMILES string of the molecule is Cc1cc(C)c2sc(N(CCCN(C)C)C(=O)c3cnn(-c4ccccc4)c3C)nc2c1.Cl. The molecular weight excluding hydrogens is 454 g/mol. The van der Waals surface area contributed by atoms with E-state index in [-0.39, 0.29) is 18.3 Å². The number of para-hydroxylation sites is 1. The van der Waals surface area contributed by atoms with Crippen molar-refractivity contribution in [2.24, 2.45) is 0 Å². The Kier molecular flexibility index (Phi) is 7.89. The lowest BCUT2D eigenvalue weighted by molar-refractivity contribution is 0.0985. The van der Waals surface area contributed by atoms with Crippen molar-refractivity contribution in [3.63, 3.8) is 0 Å². The van der Waals surface area contributed by atoms with Crippen molar-refractivity contribution >= 4 is 45.0 Å². The number of aromatic nitrogens is 3. The molecule has 0 atom stereocenters. The predicted octanol–water partition coefficient (Wildman–Crippen LogP) is 5.43. The Balaban J connectivity index is 0.00000306. The first-order chi connectivity index (χ1) is 15.3. The normalized spacial score (nSPS) is 11.1. The van der Waals surface area contributed by atoms with Gasteiger partial charge in [-0.2, -0.15) is 5.10 Å². The van der Waals surface area contributed by atoms with E-state index in [2.05, 4.69) is 36.0 Å². The standard InChI is InChI=1S/C25H29N5OS.ClH/c1-17-14-18(2)23-22(15-17)27-25(32-23)29(13-9-12-28(4)5)24(31)21-16-26-30(19(21)3)20-10-7-6-8-11-20;/h6-8,10-11,14-16H,9,12-13H2,1-5H3;1H. The van der Waals surface area contributed by atoms with Crippen LogP contribution in [0.15, 0.2) is 48.7 Å². The summed E-state index contributed by atoms with van der Waals surface area (Å²) in [4.78, 5) is 22.6. The van der Waals surface area contributed by atoms with E-state index in [0.717, 1.165) is 39.7 Å². The molecule has 0 saturated heterocycles. The van der Waals surface area contributed by atoms with Crippen LogP contribution in [0.2, 0.25) is 0 Å². The van der Waals surface area contributed by atoms with Crippen molar-refractivity contribution in [3.8, 4) is 5.69 Å². The van der Waals surface area contributed by atoms with Crippen molar-refractivity contribution in [2.75, 3.05) is 32.1 Å². The number of nitrogens with zero attached hydrogens (tertiary/aromatic N) is 5. The van der Waals surface area contributed by atoms with Gasteiger partial charge < -0.3 is 4.90 Å². The van der Waals surface area contributed by atoms with Crippen LogP contribution in [0.3, 0.4) is 0 Å². The third-order valence-electron chi connectivity index (χ3n) is 5.51. The van der Waals surface area contributed by atoms with E-state index < -0.39 is 0 Å². The number of thiazole rings is 1. The fourth-order valence-corrected chi connectivity index (χ4v) is 4.94. The van der Waals surface area contributed by atoms with Crippen molar-refractivity contribution in [1.29, 1.82) is 0 Å². The first-order valence-corrected chi connectivity index (χ1v) is 11.6. The summed E-state index contributed by atoms with van der Waals surface area (Å²) < 4.78 is 2.95. The molecule has 0 aliphatic rings. The number of carbonyl (C=O) groups is 1. The van der Waals surface area contributed by atoms with Gasteiger partial charge >= 0.3 is 0 Å². The van der Waals surface area contributed by atoms with E-state index >= 15 is 0 Å². The van der Waals surface area contributed by atoms with Gasteiger partial charge in [-0.25, -0.2) is 9.67 Å². The fourth-order valence-electron chi connectivity index (χ4n) is 3.90. The number of hydrogen-bond donors (Lipinski definition) is 0. The van der Waals surface area contributed by atoms with Gasteiger partial charge in [0.15, 0.2) is 5.13 Å². The summed E-state index contributed by atoms with van der Waals surface area (Å²) in [6.07, 6.45) is 2.53. The maximum Gasteiger partial charge on any atom is 0.263 e. The topological polar surface area (TPSA) is 54.3 Å². The number of halogens is 1. The van der Waals surface area contributed by atoms with Gasteiger partial charge in [0.05, 0.1) is 33.4 Å². The first-order valence-electron chi connectivity index (χ1n) is 10.8. The van der Waals surface area contributed by atoms with Crippen LogP contribution in [-0.4, -0.2) is 52.8 Å². The van der Waals surface area contributed by atoms with Crippen molar-refractivity contribution in [3.05, 3.63) is 71.0 Å². The predicted molar refractivity (Wildman–Crippen MR) is 139 cm³/mol. The molecule has 4 rings (SSSR count). The van der Waals surface area contributed by atoms with Gasteiger partial charge in [0.2, 0.25) is 0 Å². The maximum atomic E-state index is 13.7. The summed E-state index contributed by atoms with van der Waals surface area (Å²) >= 11 is 1.58. The Morgan fingerprint density at radius 1 is 1.06 bits per heavy atom. The molecule has 6 nitrogen and oxygen atoms in total. The Morgan fingerprint density at radius 2 is 1.79 bits per heavy atom. The van der Waals surface area contributed by atoms with Crippen LogP contribution in [0.5, 0.6) is 0 Å². The minimum absolute atomic E-state index is 0. The molecule has 0 radical (unpaired) electrons. The fraction of sp³-hybridized carbons (Fsp3) is 0.320. The largest absolute Gasteiger partial charge is 0.309 e. The number of fused-ring (bicyclic) bond motifs is 1.